The Morgan fingerprint density at radius 2 is 1.85 bits per heavy atom. The number of carbonyl (C=O) groups excluding carboxylic acids is 1. The van der Waals surface area contributed by atoms with Crippen molar-refractivity contribution in [3.63, 3.8) is 0 Å². The van der Waals surface area contributed by atoms with Crippen molar-refractivity contribution < 1.29 is 23.1 Å². The molecular formula is C18H26N2O5S. The summed E-state index contributed by atoms with van der Waals surface area (Å²) in [6.07, 6.45) is 1.23. The SMILES string of the molecule is Cc1cc(C)c(S(=O)(=O)NCCC(=O)N2CCC[C@H](C(=O)O)C2)c(C)c1. The molecular weight excluding hydrogens is 356 g/mol. The zero-order chi connectivity index (χ0) is 19.5. The quantitative estimate of drug-likeness (QED) is 0.778. The van der Waals surface area contributed by atoms with Gasteiger partial charge in [0.25, 0.3) is 0 Å². The molecule has 2 N–H and O–H groups in total. The Kier molecular flexibility index (Phi) is 6.41. The lowest BCUT2D eigenvalue weighted by molar-refractivity contribution is -0.145. The number of hydrogen-bond acceptors (Lipinski definition) is 4. The fourth-order valence-electron chi connectivity index (χ4n) is 3.52. The van der Waals surface area contributed by atoms with E-state index in [1.807, 2.05) is 19.1 Å². The molecule has 0 unspecified atom stereocenters. The van der Waals surface area contributed by atoms with Crippen LogP contribution in [0.5, 0.6) is 0 Å². The molecule has 0 aliphatic carbocycles. The van der Waals surface area contributed by atoms with Crippen molar-refractivity contribution in [1.82, 2.24) is 9.62 Å². The highest BCUT2D eigenvalue weighted by Crippen LogP contribution is 2.21. The van der Waals surface area contributed by atoms with Crippen LogP contribution in [0.25, 0.3) is 0 Å². The maximum absolute atomic E-state index is 12.6. The number of carboxylic acids is 1. The fraction of sp³-hybridized carbons (Fsp3) is 0.556. The van der Waals surface area contributed by atoms with E-state index in [0.717, 1.165) is 5.56 Å². The molecule has 8 heteroatoms. The van der Waals surface area contributed by atoms with Gasteiger partial charge in [0.05, 0.1) is 10.8 Å². The number of aryl methyl sites for hydroxylation is 3. The van der Waals surface area contributed by atoms with Gasteiger partial charge in [0.2, 0.25) is 15.9 Å². The maximum atomic E-state index is 12.6. The first-order valence-corrected chi connectivity index (χ1v) is 10.2. The largest absolute Gasteiger partial charge is 0.481 e. The minimum absolute atomic E-state index is 0.00945. The Labute approximate surface area is 154 Å². The minimum Gasteiger partial charge on any atom is -0.481 e. The Balaban J connectivity index is 1.96. The molecule has 144 valence electrons. The number of carboxylic acid groups (broad SMARTS) is 1. The summed E-state index contributed by atoms with van der Waals surface area (Å²) in [5, 5.41) is 9.09. The second kappa shape index (κ2) is 8.18. The third-order valence-corrected chi connectivity index (χ3v) is 6.39. The molecule has 1 amide bonds. The first-order chi connectivity index (χ1) is 12.1. The first-order valence-electron chi connectivity index (χ1n) is 8.70. The van der Waals surface area contributed by atoms with Crippen molar-refractivity contribution in [3.8, 4) is 0 Å². The third-order valence-electron chi connectivity index (χ3n) is 4.63. The van der Waals surface area contributed by atoms with Crippen LogP contribution in [-0.4, -0.2) is 49.9 Å². The van der Waals surface area contributed by atoms with Gasteiger partial charge in [-0.2, -0.15) is 0 Å². The second-order valence-corrected chi connectivity index (χ2v) is 8.60. The number of piperidine rings is 1. The average Bonchev–Trinajstić information content (AvgIpc) is 2.53. The predicted molar refractivity (Wildman–Crippen MR) is 97.4 cm³/mol. The van der Waals surface area contributed by atoms with Gasteiger partial charge in [0.15, 0.2) is 0 Å². The Morgan fingerprint density at radius 3 is 2.42 bits per heavy atom. The van der Waals surface area contributed by atoms with Gasteiger partial charge in [0.1, 0.15) is 0 Å². The number of nitrogens with one attached hydrogen (secondary N) is 1. The molecule has 7 nitrogen and oxygen atoms in total. The van der Waals surface area contributed by atoms with Gasteiger partial charge in [0, 0.05) is 26.1 Å². The smallest absolute Gasteiger partial charge is 0.308 e. The number of hydrogen-bond donors (Lipinski definition) is 2. The van der Waals surface area contributed by atoms with Gasteiger partial charge in [-0.3, -0.25) is 9.59 Å². The molecule has 1 fully saturated rings. The van der Waals surface area contributed by atoms with Gasteiger partial charge < -0.3 is 10.0 Å². The van der Waals surface area contributed by atoms with Crippen molar-refractivity contribution in [1.29, 1.82) is 0 Å². The zero-order valence-electron chi connectivity index (χ0n) is 15.4. The predicted octanol–water partition coefficient (Wildman–Crippen LogP) is 1.60. The minimum atomic E-state index is -3.70. The highest BCUT2D eigenvalue weighted by molar-refractivity contribution is 7.89. The topological polar surface area (TPSA) is 104 Å². The molecule has 1 atom stereocenters. The molecule has 0 bridgehead atoms. The summed E-state index contributed by atoms with van der Waals surface area (Å²) in [6.45, 7) is 6.11. The molecule has 1 heterocycles. The fourth-order valence-corrected chi connectivity index (χ4v) is 5.00. The lowest BCUT2D eigenvalue weighted by atomic mass is 9.98. The number of carbonyl (C=O) groups is 2. The van der Waals surface area contributed by atoms with Crippen LogP contribution in [0.15, 0.2) is 17.0 Å². The Morgan fingerprint density at radius 1 is 1.23 bits per heavy atom. The van der Waals surface area contributed by atoms with E-state index in [2.05, 4.69) is 4.72 Å². The van der Waals surface area contributed by atoms with Gasteiger partial charge in [-0.1, -0.05) is 17.7 Å². The van der Waals surface area contributed by atoms with E-state index >= 15 is 0 Å². The van der Waals surface area contributed by atoms with E-state index in [4.69, 9.17) is 5.11 Å². The summed E-state index contributed by atoms with van der Waals surface area (Å²) in [6, 6.07) is 3.62. The van der Waals surface area contributed by atoms with Crippen LogP contribution in [0.2, 0.25) is 0 Å². The second-order valence-electron chi connectivity index (χ2n) is 6.89. The van der Waals surface area contributed by atoms with Crippen LogP contribution in [0, 0.1) is 26.7 Å². The zero-order valence-corrected chi connectivity index (χ0v) is 16.2. The average molecular weight is 382 g/mol. The highest BCUT2D eigenvalue weighted by Gasteiger charge is 2.28. The van der Waals surface area contributed by atoms with Crippen molar-refractivity contribution in [3.05, 3.63) is 28.8 Å². The van der Waals surface area contributed by atoms with Crippen LogP contribution in [0.1, 0.15) is 36.0 Å². The Bertz CT molecular complexity index is 781. The summed E-state index contributed by atoms with van der Waals surface area (Å²) in [5.74, 6) is -1.66. The number of benzene rings is 1. The van der Waals surface area contributed by atoms with Gasteiger partial charge in [-0.05, 0) is 44.7 Å². The van der Waals surface area contributed by atoms with E-state index in [1.54, 1.807) is 13.8 Å². The molecule has 0 radical (unpaired) electrons. The van der Waals surface area contributed by atoms with Crippen molar-refractivity contribution >= 4 is 21.9 Å². The van der Waals surface area contributed by atoms with Crippen LogP contribution >= 0.6 is 0 Å². The summed E-state index contributed by atoms with van der Waals surface area (Å²) in [7, 11) is -3.70. The normalized spacial score (nSPS) is 18.0. The van der Waals surface area contributed by atoms with Gasteiger partial charge in [-0.25, -0.2) is 13.1 Å². The van der Waals surface area contributed by atoms with Crippen molar-refractivity contribution in [2.45, 2.75) is 44.9 Å². The summed E-state index contributed by atoms with van der Waals surface area (Å²) >= 11 is 0. The number of sulfonamides is 1. The molecule has 26 heavy (non-hydrogen) atoms. The molecule has 1 aliphatic heterocycles. The molecule has 0 aromatic heterocycles. The molecule has 1 aliphatic rings. The number of aliphatic carboxylic acids is 1. The molecule has 1 aromatic rings. The van der Waals surface area contributed by atoms with E-state index in [9.17, 15) is 18.0 Å². The number of likely N-dealkylation sites (tertiary alicyclic amines) is 1. The third kappa shape index (κ3) is 4.82. The van der Waals surface area contributed by atoms with Crippen LogP contribution in [-0.2, 0) is 19.6 Å². The van der Waals surface area contributed by atoms with Gasteiger partial charge in [-0.15, -0.1) is 0 Å². The van der Waals surface area contributed by atoms with E-state index in [1.165, 1.54) is 4.90 Å². The maximum Gasteiger partial charge on any atom is 0.308 e. The molecule has 0 spiro atoms. The summed E-state index contributed by atoms with van der Waals surface area (Å²) in [4.78, 5) is 25.1. The molecule has 1 saturated heterocycles. The number of nitrogens with zero attached hydrogens (tertiary/aromatic N) is 1. The summed E-state index contributed by atoms with van der Waals surface area (Å²) < 4.78 is 27.6. The van der Waals surface area contributed by atoms with Crippen molar-refractivity contribution in [2.75, 3.05) is 19.6 Å². The lowest BCUT2D eigenvalue weighted by Gasteiger charge is -2.30. The highest BCUT2D eigenvalue weighted by atomic mass is 32.2. The monoisotopic (exact) mass is 382 g/mol. The first kappa shape index (κ1) is 20.4. The molecule has 2 rings (SSSR count). The van der Waals surface area contributed by atoms with E-state index in [-0.39, 0.29) is 30.3 Å². The van der Waals surface area contributed by atoms with Gasteiger partial charge >= 0.3 is 5.97 Å². The lowest BCUT2D eigenvalue weighted by Crippen LogP contribution is -2.43. The standard InChI is InChI=1S/C18H26N2O5S/c1-12-9-13(2)17(14(3)10-12)26(24,25)19-7-6-16(21)20-8-4-5-15(11-20)18(22)23/h9-10,15,19H,4-8,11H2,1-3H3,(H,22,23)/t15-/m0/s1. The molecule has 0 saturated carbocycles. The summed E-state index contributed by atoms with van der Waals surface area (Å²) in [5.41, 5.74) is 2.33. The Hall–Kier alpha value is -1.93. The number of rotatable bonds is 6. The van der Waals surface area contributed by atoms with Crippen LogP contribution in [0.4, 0.5) is 0 Å². The number of amides is 1. The van der Waals surface area contributed by atoms with Crippen LogP contribution < -0.4 is 4.72 Å². The van der Waals surface area contributed by atoms with Crippen LogP contribution in [0.3, 0.4) is 0 Å². The van der Waals surface area contributed by atoms with E-state index < -0.39 is 21.9 Å². The van der Waals surface area contributed by atoms with Crippen molar-refractivity contribution in [2.24, 2.45) is 5.92 Å². The molecule has 1 aromatic carbocycles. The van der Waals surface area contributed by atoms with E-state index in [0.29, 0.717) is 30.5 Å².